The Hall–Kier alpha value is -3.44. The van der Waals surface area contributed by atoms with E-state index in [0.717, 1.165) is 11.1 Å². The molecule has 11 heteroatoms. The lowest BCUT2D eigenvalue weighted by atomic mass is 10.0. The van der Waals surface area contributed by atoms with Gasteiger partial charge >= 0.3 is 6.61 Å². The van der Waals surface area contributed by atoms with Gasteiger partial charge in [-0.2, -0.15) is 8.78 Å². The van der Waals surface area contributed by atoms with Crippen molar-refractivity contribution in [2.45, 2.75) is 25.9 Å². The predicted molar refractivity (Wildman–Crippen MR) is 110 cm³/mol. The Morgan fingerprint density at radius 2 is 2.03 bits per heavy atom. The third-order valence-electron chi connectivity index (χ3n) is 5.79. The first kappa shape index (κ1) is 21.4. The summed E-state index contributed by atoms with van der Waals surface area (Å²) in [7, 11) is 0. The quantitative estimate of drug-likeness (QED) is 0.638. The molecule has 1 aromatic carbocycles. The van der Waals surface area contributed by atoms with Crippen LogP contribution < -0.4 is 10.5 Å². The molecule has 5 rings (SSSR count). The molecule has 0 unspecified atom stereocenters. The van der Waals surface area contributed by atoms with Crippen LogP contribution in [0.1, 0.15) is 33.1 Å². The molecule has 172 valence electrons. The Morgan fingerprint density at radius 1 is 1.21 bits per heavy atom. The number of hydrogen-bond donors (Lipinski definition) is 1. The van der Waals surface area contributed by atoms with E-state index in [1.165, 1.54) is 35.4 Å². The highest BCUT2D eigenvalue weighted by molar-refractivity contribution is 5.99. The first-order chi connectivity index (χ1) is 15.9. The van der Waals surface area contributed by atoms with E-state index >= 15 is 4.39 Å². The Kier molecular flexibility index (Phi) is 5.51. The number of ether oxygens (including phenoxy) is 3. The fraction of sp³-hybridized carbons (Fsp3) is 0.318. The first-order valence-electron chi connectivity index (χ1n) is 10.2. The second kappa shape index (κ2) is 8.49. The summed E-state index contributed by atoms with van der Waals surface area (Å²) in [4.78, 5) is 23.0. The van der Waals surface area contributed by atoms with Crippen molar-refractivity contribution < 1.29 is 32.2 Å². The summed E-state index contributed by atoms with van der Waals surface area (Å²) >= 11 is 0. The number of rotatable bonds is 4. The molecule has 0 bridgehead atoms. The standard InChI is InChI=1S/C22H19F3N4O4/c23-16-6-17-12(14-8-32-9-15(14)20(26)28-17)5-13(16)21(30)29-3-4-31-10-18(29)11-1-2-19(27-7-11)33-22(24)25/h1-2,5-7,18,22H,3-4,8-10H2,(H2,26,28)/t18-/m0/s1. The van der Waals surface area contributed by atoms with Crippen molar-refractivity contribution >= 4 is 22.6 Å². The molecule has 1 atom stereocenters. The van der Waals surface area contributed by atoms with Gasteiger partial charge in [-0.1, -0.05) is 0 Å². The summed E-state index contributed by atoms with van der Waals surface area (Å²) in [6.07, 6.45) is 1.34. The number of aromatic nitrogens is 2. The van der Waals surface area contributed by atoms with Gasteiger partial charge in [0.15, 0.2) is 0 Å². The molecule has 2 N–H and O–H groups in total. The van der Waals surface area contributed by atoms with Gasteiger partial charge in [0.2, 0.25) is 5.88 Å². The zero-order valence-corrected chi connectivity index (χ0v) is 17.3. The van der Waals surface area contributed by atoms with E-state index in [1.807, 2.05) is 0 Å². The number of alkyl halides is 2. The van der Waals surface area contributed by atoms with E-state index < -0.39 is 24.4 Å². The molecule has 2 aliphatic rings. The van der Waals surface area contributed by atoms with Crippen LogP contribution in [-0.4, -0.2) is 47.1 Å². The number of carbonyl (C=O) groups excluding carboxylic acids is 1. The summed E-state index contributed by atoms with van der Waals surface area (Å²) in [5, 5.41) is 0.612. The molecule has 3 aromatic rings. The Morgan fingerprint density at radius 3 is 2.79 bits per heavy atom. The van der Waals surface area contributed by atoms with Crippen molar-refractivity contribution in [2.24, 2.45) is 0 Å². The Bertz CT molecular complexity index is 1220. The van der Waals surface area contributed by atoms with E-state index in [4.69, 9.17) is 15.2 Å². The van der Waals surface area contributed by atoms with Gasteiger partial charge in [-0.25, -0.2) is 14.4 Å². The van der Waals surface area contributed by atoms with Crippen molar-refractivity contribution in [3.05, 3.63) is 58.5 Å². The predicted octanol–water partition coefficient (Wildman–Crippen LogP) is 3.20. The monoisotopic (exact) mass is 460 g/mol. The Labute approximate surface area is 186 Å². The number of fused-ring (bicyclic) bond motifs is 3. The maximum absolute atomic E-state index is 15.0. The second-order valence-corrected chi connectivity index (χ2v) is 7.69. The van der Waals surface area contributed by atoms with Crippen LogP contribution in [-0.2, 0) is 22.7 Å². The number of halogens is 3. The maximum atomic E-state index is 15.0. The molecule has 0 spiro atoms. The number of hydrogen-bond acceptors (Lipinski definition) is 7. The van der Waals surface area contributed by atoms with Gasteiger partial charge in [0.05, 0.1) is 43.5 Å². The highest BCUT2D eigenvalue weighted by Crippen LogP contribution is 2.34. The van der Waals surface area contributed by atoms with Crippen molar-refractivity contribution in [3.63, 3.8) is 0 Å². The average Bonchev–Trinajstić information content (AvgIpc) is 3.29. The van der Waals surface area contributed by atoms with Gasteiger partial charge in [0.25, 0.3) is 5.91 Å². The summed E-state index contributed by atoms with van der Waals surface area (Å²) < 4.78 is 55.1. The molecule has 0 radical (unpaired) electrons. The van der Waals surface area contributed by atoms with Crippen LogP contribution in [0.4, 0.5) is 19.0 Å². The van der Waals surface area contributed by atoms with Crippen LogP contribution in [0, 0.1) is 5.82 Å². The molecule has 0 aliphatic carbocycles. The van der Waals surface area contributed by atoms with Gasteiger partial charge in [-0.05, 0) is 23.3 Å². The number of morpholine rings is 1. The van der Waals surface area contributed by atoms with Crippen LogP contribution >= 0.6 is 0 Å². The van der Waals surface area contributed by atoms with E-state index in [-0.39, 0.29) is 37.0 Å². The molecule has 1 amide bonds. The lowest BCUT2D eigenvalue weighted by Gasteiger charge is -2.36. The van der Waals surface area contributed by atoms with Crippen molar-refractivity contribution in [1.29, 1.82) is 0 Å². The minimum atomic E-state index is -2.99. The highest BCUT2D eigenvalue weighted by atomic mass is 19.3. The third kappa shape index (κ3) is 3.93. The fourth-order valence-corrected chi connectivity index (χ4v) is 4.18. The number of nitrogen functional groups attached to an aromatic ring is 1. The first-order valence-corrected chi connectivity index (χ1v) is 10.2. The topological polar surface area (TPSA) is 99.8 Å². The Balaban J connectivity index is 1.49. The molecular formula is C22H19F3N4O4. The molecule has 33 heavy (non-hydrogen) atoms. The van der Waals surface area contributed by atoms with E-state index in [0.29, 0.717) is 29.7 Å². The fourth-order valence-electron chi connectivity index (χ4n) is 4.18. The molecule has 1 fully saturated rings. The summed E-state index contributed by atoms with van der Waals surface area (Å²) in [6, 6.07) is 4.92. The molecule has 8 nitrogen and oxygen atoms in total. The number of anilines is 1. The van der Waals surface area contributed by atoms with Crippen LogP contribution in [0.25, 0.3) is 10.9 Å². The zero-order chi connectivity index (χ0) is 23.1. The van der Waals surface area contributed by atoms with E-state index in [1.54, 1.807) is 0 Å². The SMILES string of the molecule is Nc1nc2cc(F)c(C(=O)N3CCOC[C@H]3c3ccc(OC(F)F)nc3)cc2c2c1COC2. The third-order valence-corrected chi connectivity index (χ3v) is 5.79. The van der Waals surface area contributed by atoms with E-state index in [2.05, 4.69) is 14.7 Å². The van der Waals surface area contributed by atoms with Crippen molar-refractivity contribution in [1.82, 2.24) is 14.9 Å². The maximum Gasteiger partial charge on any atom is 0.388 e. The van der Waals surface area contributed by atoms with Crippen molar-refractivity contribution in [2.75, 3.05) is 25.5 Å². The second-order valence-electron chi connectivity index (χ2n) is 7.69. The van der Waals surface area contributed by atoms with Crippen molar-refractivity contribution in [3.8, 4) is 5.88 Å². The number of pyridine rings is 2. The highest BCUT2D eigenvalue weighted by Gasteiger charge is 2.32. The van der Waals surface area contributed by atoms with Crippen LogP contribution in [0.3, 0.4) is 0 Å². The number of benzene rings is 1. The number of amides is 1. The lowest BCUT2D eigenvalue weighted by molar-refractivity contribution is -0.0529. The summed E-state index contributed by atoms with van der Waals surface area (Å²) in [5.41, 5.74) is 8.29. The normalized spacial score (nSPS) is 18.1. The van der Waals surface area contributed by atoms with Gasteiger partial charge in [-0.15, -0.1) is 0 Å². The molecule has 2 aliphatic heterocycles. The summed E-state index contributed by atoms with van der Waals surface area (Å²) in [6.45, 7) is -1.73. The van der Waals surface area contributed by atoms with Crippen LogP contribution in [0.2, 0.25) is 0 Å². The summed E-state index contributed by atoms with van der Waals surface area (Å²) in [5.74, 6) is -1.21. The lowest BCUT2D eigenvalue weighted by Crippen LogP contribution is -2.43. The zero-order valence-electron chi connectivity index (χ0n) is 17.3. The minimum Gasteiger partial charge on any atom is -0.417 e. The molecule has 4 heterocycles. The minimum absolute atomic E-state index is 0.110. The van der Waals surface area contributed by atoms with Gasteiger partial charge < -0.3 is 24.8 Å². The van der Waals surface area contributed by atoms with Gasteiger partial charge in [-0.3, -0.25) is 4.79 Å². The molecular weight excluding hydrogens is 441 g/mol. The number of nitrogens with two attached hydrogens (primary N) is 1. The van der Waals surface area contributed by atoms with Crippen LogP contribution in [0.5, 0.6) is 5.88 Å². The molecule has 1 saturated heterocycles. The van der Waals surface area contributed by atoms with E-state index in [9.17, 15) is 13.6 Å². The van der Waals surface area contributed by atoms with Crippen LogP contribution in [0.15, 0.2) is 30.5 Å². The molecule has 0 saturated carbocycles. The molecule has 2 aromatic heterocycles. The van der Waals surface area contributed by atoms with Gasteiger partial charge in [0, 0.05) is 35.8 Å². The van der Waals surface area contributed by atoms with Gasteiger partial charge in [0.1, 0.15) is 11.6 Å². The largest absolute Gasteiger partial charge is 0.417 e. The number of carbonyl (C=O) groups is 1. The number of nitrogens with zero attached hydrogens (tertiary/aromatic N) is 3. The smallest absolute Gasteiger partial charge is 0.388 e. The average molecular weight is 460 g/mol.